The second-order valence-electron chi connectivity index (χ2n) is 4.45. The summed E-state index contributed by atoms with van der Waals surface area (Å²) in [5.41, 5.74) is 0. The minimum Gasteiger partial charge on any atom is -0.549 e. The van der Waals surface area contributed by atoms with Crippen LogP contribution < -0.4 is 10.2 Å². The zero-order valence-corrected chi connectivity index (χ0v) is 12.7. The van der Waals surface area contributed by atoms with Gasteiger partial charge in [-0.2, -0.15) is 0 Å². The van der Waals surface area contributed by atoms with E-state index in [2.05, 4.69) is 6.92 Å². The number of carboxylic acid groups (broad SMARTS) is 2. The summed E-state index contributed by atoms with van der Waals surface area (Å²) in [5, 5.41) is 20.9. The first kappa shape index (κ1) is 20.0. The van der Waals surface area contributed by atoms with Gasteiger partial charge in [0.05, 0.1) is 11.9 Å². The standard InChI is InChI=1S/C13H24O4.Mg/c1-2-3-4-5-6-7-8-9-10-11(12(14)15)13(16)17;/h11H,2-10H2,1H3,(H,14,15)(H,16,17);/q;+2/p-2. The maximum atomic E-state index is 10.4. The summed E-state index contributed by atoms with van der Waals surface area (Å²) in [4.78, 5) is 20.9. The van der Waals surface area contributed by atoms with Crippen molar-refractivity contribution in [2.45, 2.75) is 64.7 Å². The fourth-order valence-corrected chi connectivity index (χ4v) is 1.81. The third-order valence-corrected chi connectivity index (χ3v) is 2.92. The van der Waals surface area contributed by atoms with Crippen molar-refractivity contribution in [3.63, 3.8) is 0 Å². The Morgan fingerprint density at radius 1 is 0.833 bits per heavy atom. The van der Waals surface area contributed by atoms with Crippen LogP contribution in [0.15, 0.2) is 0 Å². The Morgan fingerprint density at radius 3 is 1.61 bits per heavy atom. The molecule has 0 aromatic heterocycles. The van der Waals surface area contributed by atoms with Crippen molar-refractivity contribution < 1.29 is 19.8 Å². The molecular weight excluding hydrogens is 244 g/mol. The normalized spacial score (nSPS) is 10.1. The molecule has 18 heavy (non-hydrogen) atoms. The van der Waals surface area contributed by atoms with Crippen LogP contribution in [0.4, 0.5) is 0 Å². The molecule has 0 amide bonds. The van der Waals surface area contributed by atoms with Crippen LogP contribution in [0.25, 0.3) is 0 Å². The van der Waals surface area contributed by atoms with Crippen LogP contribution in [0.1, 0.15) is 64.7 Å². The van der Waals surface area contributed by atoms with Gasteiger partial charge in [0.2, 0.25) is 0 Å². The van der Waals surface area contributed by atoms with Gasteiger partial charge in [-0.05, 0) is 6.42 Å². The number of carbonyl (C=O) groups is 2. The molecule has 100 valence electrons. The van der Waals surface area contributed by atoms with Crippen molar-refractivity contribution in [3.05, 3.63) is 0 Å². The molecule has 0 N–H and O–H groups in total. The van der Waals surface area contributed by atoms with Crippen molar-refractivity contribution in [1.29, 1.82) is 0 Å². The van der Waals surface area contributed by atoms with Gasteiger partial charge in [-0.25, -0.2) is 0 Å². The Hall–Kier alpha value is -0.294. The number of rotatable bonds is 11. The molecule has 0 rings (SSSR count). The van der Waals surface area contributed by atoms with Crippen molar-refractivity contribution in [2.24, 2.45) is 5.92 Å². The molecule has 4 nitrogen and oxygen atoms in total. The van der Waals surface area contributed by atoms with Crippen LogP contribution >= 0.6 is 0 Å². The molecule has 0 bridgehead atoms. The largest absolute Gasteiger partial charge is 2.00 e. The first-order valence-electron chi connectivity index (χ1n) is 6.51. The molecule has 0 aliphatic rings. The zero-order valence-electron chi connectivity index (χ0n) is 11.3. The summed E-state index contributed by atoms with van der Waals surface area (Å²) in [7, 11) is 0. The summed E-state index contributed by atoms with van der Waals surface area (Å²) in [5.74, 6) is -4.52. The van der Waals surface area contributed by atoms with Crippen LogP contribution in [0.5, 0.6) is 0 Å². The van der Waals surface area contributed by atoms with Gasteiger partial charge in [-0.1, -0.05) is 58.3 Å². The van der Waals surface area contributed by atoms with E-state index in [4.69, 9.17) is 0 Å². The molecule has 0 heterocycles. The maximum Gasteiger partial charge on any atom is 2.00 e. The minimum atomic E-state index is -1.53. The number of unbranched alkanes of at least 4 members (excludes halogenated alkanes) is 7. The molecular formula is C13H22MgO4. The summed E-state index contributed by atoms with van der Waals surface area (Å²) in [6.07, 6.45) is 8.73. The summed E-state index contributed by atoms with van der Waals surface area (Å²) < 4.78 is 0. The first-order valence-corrected chi connectivity index (χ1v) is 6.51. The third-order valence-electron chi connectivity index (χ3n) is 2.92. The monoisotopic (exact) mass is 266 g/mol. The Kier molecular flexibility index (Phi) is 14.6. The van der Waals surface area contributed by atoms with E-state index in [9.17, 15) is 19.8 Å². The van der Waals surface area contributed by atoms with Gasteiger partial charge >= 0.3 is 23.1 Å². The number of aliphatic carboxylic acids is 2. The van der Waals surface area contributed by atoms with Crippen molar-refractivity contribution in [1.82, 2.24) is 0 Å². The molecule has 0 spiro atoms. The van der Waals surface area contributed by atoms with Crippen LogP contribution in [-0.2, 0) is 9.59 Å². The van der Waals surface area contributed by atoms with E-state index >= 15 is 0 Å². The summed E-state index contributed by atoms with van der Waals surface area (Å²) in [6.45, 7) is 2.17. The molecule has 0 atom stereocenters. The molecule has 0 radical (unpaired) electrons. The predicted octanol–water partition coefficient (Wildman–Crippen LogP) is 0.252. The van der Waals surface area contributed by atoms with E-state index in [0.29, 0.717) is 6.42 Å². The van der Waals surface area contributed by atoms with Gasteiger partial charge in [0.25, 0.3) is 0 Å². The van der Waals surface area contributed by atoms with Gasteiger partial charge < -0.3 is 19.8 Å². The fourth-order valence-electron chi connectivity index (χ4n) is 1.81. The van der Waals surface area contributed by atoms with Crippen LogP contribution in [0, 0.1) is 5.92 Å². The quantitative estimate of drug-likeness (QED) is 0.305. The molecule has 0 fully saturated rings. The summed E-state index contributed by atoms with van der Waals surface area (Å²) in [6, 6.07) is 0. The smallest absolute Gasteiger partial charge is 0.549 e. The van der Waals surface area contributed by atoms with Crippen LogP contribution in [0.2, 0.25) is 0 Å². The molecule has 5 heteroatoms. The number of hydrogen-bond acceptors (Lipinski definition) is 4. The third kappa shape index (κ3) is 10.8. The molecule has 0 unspecified atom stereocenters. The van der Waals surface area contributed by atoms with E-state index in [0.717, 1.165) is 19.3 Å². The van der Waals surface area contributed by atoms with Crippen LogP contribution in [-0.4, -0.2) is 35.0 Å². The Morgan fingerprint density at radius 2 is 1.22 bits per heavy atom. The maximum absolute atomic E-state index is 10.4. The Balaban J connectivity index is 0. The Labute approximate surface area is 125 Å². The first-order chi connectivity index (χ1) is 8.09. The molecule has 0 aliphatic heterocycles. The van der Waals surface area contributed by atoms with E-state index in [1.807, 2.05) is 0 Å². The van der Waals surface area contributed by atoms with Crippen molar-refractivity contribution in [3.8, 4) is 0 Å². The van der Waals surface area contributed by atoms with E-state index in [1.165, 1.54) is 25.7 Å². The van der Waals surface area contributed by atoms with Gasteiger partial charge in [0.1, 0.15) is 0 Å². The van der Waals surface area contributed by atoms with Crippen molar-refractivity contribution in [2.75, 3.05) is 0 Å². The zero-order chi connectivity index (χ0) is 13.1. The van der Waals surface area contributed by atoms with Gasteiger partial charge in [0, 0.05) is 5.92 Å². The number of carbonyl (C=O) groups excluding carboxylic acids is 2. The molecule has 0 aliphatic carbocycles. The van der Waals surface area contributed by atoms with Gasteiger partial charge in [0.15, 0.2) is 0 Å². The minimum absolute atomic E-state index is 0. The van der Waals surface area contributed by atoms with Gasteiger partial charge in [-0.3, -0.25) is 0 Å². The molecule has 0 saturated heterocycles. The van der Waals surface area contributed by atoms with E-state index in [1.54, 1.807) is 0 Å². The second-order valence-corrected chi connectivity index (χ2v) is 4.45. The number of hydrogen-bond donors (Lipinski definition) is 0. The van der Waals surface area contributed by atoms with Gasteiger partial charge in [-0.15, -0.1) is 0 Å². The average molecular weight is 267 g/mol. The Bertz CT molecular complexity index is 217. The summed E-state index contributed by atoms with van der Waals surface area (Å²) >= 11 is 0. The van der Waals surface area contributed by atoms with E-state index < -0.39 is 17.9 Å². The molecule has 0 aromatic carbocycles. The van der Waals surface area contributed by atoms with Crippen LogP contribution in [0.3, 0.4) is 0 Å². The second kappa shape index (κ2) is 13.1. The number of carboxylic acids is 2. The fraction of sp³-hybridized carbons (Fsp3) is 0.846. The average Bonchev–Trinajstić information content (AvgIpc) is 2.26. The SMILES string of the molecule is CCCCCCCCCCC(C(=O)[O-])C(=O)[O-].[Mg+2]. The van der Waals surface area contributed by atoms with E-state index in [-0.39, 0.29) is 29.5 Å². The predicted molar refractivity (Wildman–Crippen MR) is 66.5 cm³/mol. The molecule has 0 aromatic rings. The van der Waals surface area contributed by atoms with Crippen molar-refractivity contribution >= 4 is 35.0 Å². The molecule has 0 saturated carbocycles. The topological polar surface area (TPSA) is 80.3 Å².